The van der Waals surface area contributed by atoms with Crippen LogP contribution in [0.15, 0.2) is 48.5 Å². The van der Waals surface area contributed by atoms with Gasteiger partial charge in [0.1, 0.15) is 11.7 Å². The first-order valence-corrected chi connectivity index (χ1v) is 8.73. The van der Waals surface area contributed by atoms with Crippen molar-refractivity contribution in [2.75, 3.05) is 14.2 Å². The number of carbonyl (C=O) groups excluding carboxylic acids is 1. The number of nitrogens with zero attached hydrogens (tertiary/aromatic N) is 1. The predicted octanol–water partition coefficient (Wildman–Crippen LogP) is 2.62. The summed E-state index contributed by atoms with van der Waals surface area (Å²) in [5.41, 5.74) is 1.96. The predicted molar refractivity (Wildman–Crippen MR) is 105 cm³/mol. The third-order valence-electron chi connectivity index (χ3n) is 4.67. The molecule has 2 aromatic carbocycles. The summed E-state index contributed by atoms with van der Waals surface area (Å²) in [5, 5.41) is 12.9. The second-order valence-corrected chi connectivity index (χ2v) is 6.41. The normalized spacial score (nSPS) is 11.8. The van der Waals surface area contributed by atoms with Crippen molar-refractivity contribution in [3.8, 4) is 11.5 Å². The van der Waals surface area contributed by atoms with E-state index in [1.807, 2.05) is 30.3 Å². The highest BCUT2D eigenvalue weighted by Gasteiger charge is 2.23. The van der Waals surface area contributed by atoms with E-state index in [9.17, 15) is 14.7 Å². The Balaban J connectivity index is 1.89. The first-order chi connectivity index (χ1) is 13.4. The van der Waals surface area contributed by atoms with Crippen LogP contribution in [0.25, 0.3) is 10.9 Å². The van der Waals surface area contributed by atoms with Crippen molar-refractivity contribution in [2.45, 2.75) is 12.5 Å². The molecule has 0 aliphatic carbocycles. The Bertz CT molecular complexity index is 1010. The second-order valence-electron chi connectivity index (χ2n) is 6.41. The molecule has 1 unspecified atom stereocenters. The topological polar surface area (TPSA) is 89.8 Å². The number of methoxy groups -OCH3 is 2. The molecule has 146 valence electrons. The molecule has 0 bridgehead atoms. The summed E-state index contributed by atoms with van der Waals surface area (Å²) in [6.07, 6.45) is 0.202. The number of rotatable bonds is 7. The molecule has 7 nitrogen and oxygen atoms in total. The fourth-order valence-electron chi connectivity index (χ4n) is 3.16. The number of amides is 1. The number of carbonyl (C=O) groups is 2. The van der Waals surface area contributed by atoms with Crippen LogP contribution in [0.2, 0.25) is 0 Å². The summed E-state index contributed by atoms with van der Waals surface area (Å²) in [6, 6.07) is 13.4. The van der Waals surface area contributed by atoms with Crippen molar-refractivity contribution in [3.05, 3.63) is 59.8 Å². The molecule has 0 spiro atoms. The smallest absolute Gasteiger partial charge is 0.326 e. The Morgan fingerprint density at radius 3 is 2.32 bits per heavy atom. The van der Waals surface area contributed by atoms with Gasteiger partial charge in [-0.1, -0.05) is 30.3 Å². The first kappa shape index (κ1) is 19.3. The van der Waals surface area contributed by atoms with Gasteiger partial charge in [0, 0.05) is 24.9 Å². The van der Waals surface area contributed by atoms with Gasteiger partial charge in [-0.2, -0.15) is 0 Å². The number of benzene rings is 2. The zero-order chi connectivity index (χ0) is 20.3. The van der Waals surface area contributed by atoms with Gasteiger partial charge >= 0.3 is 5.97 Å². The Hall–Kier alpha value is -3.48. The molecule has 0 radical (unpaired) electrons. The van der Waals surface area contributed by atoms with Crippen LogP contribution in [0.3, 0.4) is 0 Å². The molecule has 1 heterocycles. The minimum Gasteiger partial charge on any atom is -0.493 e. The summed E-state index contributed by atoms with van der Waals surface area (Å²) in [7, 11) is 4.83. The highest BCUT2D eigenvalue weighted by atomic mass is 16.5. The molecule has 28 heavy (non-hydrogen) atoms. The van der Waals surface area contributed by atoms with Crippen LogP contribution < -0.4 is 14.8 Å². The third-order valence-corrected chi connectivity index (χ3v) is 4.67. The van der Waals surface area contributed by atoms with Gasteiger partial charge in [0.15, 0.2) is 11.5 Å². The van der Waals surface area contributed by atoms with Crippen LogP contribution in [-0.2, 0) is 18.3 Å². The fraction of sp³-hybridized carbons (Fsp3) is 0.238. The molecule has 7 heteroatoms. The molecular formula is C21H22N2O5. The number of carboxylic acids is 1. The summed E-state index contributed by atoms with van der Waals surface area (Å²) in [6.45, 7) is 0. The maximum atomic E-state index is 12.8. The van der Waals surface area contributed by atoms with E-state index in [4.69, 9.17) is 9.47 Å². The summed E-state index contributed by atoms with van der Waals surface area (Å²) in [5.74, 6) is -0.435. The number of fused-ring (bicyclic) bond motifs is 1. The molecule has 0 fully saturated rings. The van der Waals surface area contributed by atoms with E-state index in [1.54, 1.807) is 44.0 Å². The lowest BCUT2D eigenvalue weighted by Crippen LogP contribution is -2.42. The highest BCUT2D eigenvalue weighted by molar-refractivity contribution is 6.00. The van der Waals surface area contributed by atoms with Gasteiger partial charge in [-0.05, 0) is 17.7 Å². The third kappa shape index (κ3) is 3.78. The van der Waals surface area contributed by atoms with Crippen LogP contribution in [0.4, 0.5) is 0 Å². The van der Waals surface area contributed by atoms with Crippen molar-refractivity contribution in [3.63, 3.8) is 0 Å². The molecule has 3 aromatic rings. The van der Waals surface area contributed by atoms with Gasteiger partial charge in [0.05, 0.1) is 19.7 Å². The van der Waals surface area contributed by atoms with E-state index in [1.165, 1.54) is 0 Å². The standard InChI is InChI=1S/C21H22N2O5/c1-23-16-12-19(28-3)18(27-2)11-14(16)10-17(23)20(24)22-15(21(25)26)9-13-7-5-4-6-8-13/h4-8,10-12,15H,9H2,1-3H3,(H,22,24)(H,25,26). The molecule has 1 aromatic heterocycles. The van der Waals surface area contributed by atoms with E-state index in [0.717, 1.165) is 16.5 Å². The molecule has 0 aliphatic rings. The first-order valence-electron chi connectivity index (χ1n) is 8.73. The molecule has 0 saturated carbocycles. The molecule has 1 atom stereocenters. The van der Waals surface area contributed by atoms with E-state index in [0.29, 0.717) is 17.2 Å². The minimum atomic E-state index is -1.08. The lowest BCUT2D eigenvalue weighted by Gasteiger charge is -2.15. The van der Waals surface area contributed by atoms with Crippen molar-refractivity contribution in [1.29, 1.82) is 0 Å². The Morgan fingerprint density at radius 1 is 1.07 bits per heavy atom. The number of nitrogens with one attached hydrogen (secondary N) is 1. The van der Waals surface area contributed by atoms with E-state index < -0.39 is 17.9 Å². The molecule has 0 aliphatic heterocycles. The van der Waals surface area contributed by atoms with Crippen LogP contribution in [0.1, 0.15) is 16.1 Å². The molecule has 1 amide bonds. The minimum absolute atomic E-state index is 0.202. The van der Waals surface area contributed by atoms with E-state index in [-0.39, 0.29) is 6.42 Å². The lowest BCUT2D eigenvalue weighted by molar-refractivity contribution is -0.139. The fourth-order valence-corrected chi connectivity index (χ4v) is 3.16. The maximum absolute atomic E-state index is 12.8. The number of hydrogen-bond donors (Lipinski definition) is 2. The Kier molecular flexibility index (Phi) is 5.54. The van der Waals surface area contributed by atoms with Gasteiger partial charge in [-0.15, -0.1) is 0 Å². The quantitative estimate of drug-likeness (QED) is 0.656. The van der Waals surface area contributed by atoms with Crippen LogP contribution in [0, 0.1) is 0 Å². The van der Waals surface area contributed by atoms with Gasteiger partial charge in [-0.25, -0.2) is 4.79 Å². The van der Waals surface area contributed by atoms with E-state index >= 15 is 0 Å². The Morgan fingerprint density at radius 2 is 1.71 bits per heavy atom. The lowest BCUT2D eigenvalue weighted by atomic mass is 10.1. The van der Waals surface area contributed by atoms with Crippen molar-refractivity contribution >= 4 is 22.8 Å². The number of ether oxygens (including phenoxy) is 2. The number of aryl methyl sites for hydroxylation is 1. The highest BCUT2D eigenvalue weighted by Crippen LogP contribution is 2.33. The average Bonchev–Trinajstić information content (AvgIpc) is 3.02. The van der Waals surface area contributed by atoms with E-state index in [2.05, 4.69) is 5.32 Å². The SMILES string of the molecule is COc1cc2cc(C(=O)NC(Cc3ccccc3)C(=O)O)n(C)c2cc1OC. The zero-order valence-corrected chi connectivity index (χ0v) is 15.9. The molecular weight excluding hydrogens is 360 g/mol. The van der Waals surface area contributed by atoms with Crippen molar-refractivity contribution in [1.82, 2.24) is 9.88 Å². The summed E-state index contributed by atoms with van der Waals surface area (Å²) < 4.78 is 12.3. The Labute approximate surface area is 162 Å². The zero-order valence-electron chi connectivity index (χ0n) is 15.9. The van der Waals surface area contributed by atoms with Gasteiger partial charge in [0.25, 0.3) is 5.91 Å². The summed E-state index contributed by atoms with van der Waals surface area (Å²) in [4.78, 5) is 24.4. The van der Waals surface area contributed by atoms with Crippen molar-refractivity contribution < 1.29 is 24.2 Å². The number of hydrogen-bond acceptors (Lipinski definition) is 4. The number of aromatic nitrogens is 1. The largest absolute Gasteiger partial charge is 0.493 e. The average molecular weight is 382 g/mol. The van der Waals surface area contributed by atoms with Gasteiger partial charge < -0.3 is 24.5 Å². The van der Waals surface area contributed by atoms with Gasteiger partial charge in [0.2, 0.25) is 0 Å². The molecule has 2 N–H and O–H groups in total. The molecule has 0 saturated heterocycles. The monoisotopic (exact) mass is 382 g/mol. The number of aliphatic carboxylic acids is 1. The van der Waals surface area contributed by atoms with Gasteiger partial charge in [-0.3, -0.25) is 4.79 Å². The second kappa shape index (κ2) is 8.04. The van der Waals surface area contributed by atoms with Crippen LogP contribution in [0.5, 0.6) is 11.5 Å². The molecule has 3 rings (SSSR count). The summed E-state index contributed by atoms with van der Waals surface area (Å²) >= 11 is 0. The van der Waals surface area contributed by atoms with Crippen LogP contribution >= 0.6 is 0 Å². The van der Waals surface area contributed by atoms with Crippen molar-refractivity contribution in [2.24, 2.45) is 7.05 Å². The number of carboxylic acid groups (broad SMARTS) is 1. The van der Waals surface area contributed by atoms with Crippen LogP contribution in [-0.4, -0.2) is 41.8 Å². The maximum Gasteiger partial charge on any atom is 0.326 e.